The molecule has 0 N–H and O–H groups in total. The first-order chi connectivity index (χ1) is 9.44. The van der Waals surface area contributed by atoms with Gasteiger partial charge in [-0.3, -0.25) is 4.79 Å². The zero-order valence-electron chi connectivity index (χ0n) is 11.7. The lowest BCUT2D eigenvalue weighted by molar-refractivity contribution is -0.159. The maximum atomic E-state index is 12.5. The lowest BCUT2D eigenvalue weighted by Gasteiger charge is -2.36. The minimum absolute atomic E-state index is 0.226. The number of halogens is 5. The largest absolute Gasteiger partial charge is 0.390 e. The summed E-state index contributed by atoms with van der Waals surface area (Å²) in [5, 5.41) is 0. The summed E-state index contributed by atoms with van der Waals surface area (Å²) in [4.78, 5) is 12.1. The molecule has 8 heteroatoms. The second kappa shape index (κ2) is 6.42. The van der Waals surface area contributed by atoms with Gasteiger partial charge in [0.1, 0.15) is 0 Å². The van der Waals surface area contributed by atoms with E-state index in [4.69, 9.17) is 23.6 Å². The molecule has 0 fully saturated rings. The Hall–Kier alpha value is -0.980. The van der Waals surface area contributed by atoms with Crippen LogP contribution in [0, 0.1) is 6.92 Å². The Morgan fingerprint density at radius 1 is 1.14 bits per heavy atom. The van der Waals surface area contributed by atoms with Gasteiger partial charge < -0.3 is 0 Å². The molecule has 0 saturated heterocycles. The predicted molar refractivity (Wildman–Crippen MR) is 75.6 cm³/mol. The molecule has 1 aromatic carbocycles. The minimum Gasteiger partial charge on any atom is -0.266 e. The molecule has 0 unspecified atom stereocenters. The van der Waals surface area contributed by atoms with Gasteiger partial charge in [-0.1, -0.05) is 17.7 Å². The fourth-order valence-electron chi connectivity index (χ4n) is 1.68. The quantitative estimate of drug-likeness (QED) is 0.585. The number of hydrogen-bond donors (Lipinski definition) is 0. The van der Waals surface area contributed by atoms with Crippen molar-refractivity contribution in [3.63, 3.8) is 0 Å². The van der Waals surface area contributed by atoms with E-state index in [0.29, 0.717) is 9.06 Å². The lowest BCUT2D eigenvalue weighted by Crippen LogP contribution is -2.49. The van der Waals surface area contributed by atoms with E-state index in [-0.39, 0.29) is 5.56 Å². The van der Waals surface area contributed by atoms with Crippen molar-refractivity contribution in [1.82, 2.24) is 9.06 Å². The van der Waals surface area contributed by atoms with Gasteiger partial charge in [0.05, 0.1) is 12.0 Å². The molecule has 1 rings (SSSR count). The molecule has 1 aromatic rings. The highest BCUT2D eigenvalue weighted by Gasteiger charge is 2.43. The molecule has 3 nitrogen and oxygen atoms in total. The third kappa shape index (κ3) is 5.05. The van der Waals surface area contributed by atoms with E-state index in [1.807, 2.05) is 6.92 Å². The fourth-order valence-corrected chi connectivity index (χ4v) is 2.11. The number of hydrazine groups is 1. The Kier molecular flexibility index (Phi) is 5.52. The number of amides is 1. The number of nitrogens with zero attached hydrogens (tertiary/aromatic N) is 2. The summed E-state index contributed by atoms with van der Waals surface area (Å²) >= 11 is 11.6. The molecule has 0 spiro atoms. The number of alkyl halides is 3. The number of benzene rings is 1. The molecule has 0 radical (unpaired) electrons. The Morgan fingerprint density at radius 3 is 2.05 bits per heavy atom. The Morgan fingerprint density at radius 2 is 1.62 bits per heavy atom. The van der Waals surface area contributed by atoms with Crippen LogP contribution in [-0.4, -0.2) is 26.7 Å². The Labute approximate surface area is 131 Å². The van der Waals surface area contributed by atoms with Crippen molar-refractivity contribution in [1.29, 1.82) is 0 Å². The van der Waals surface area contributed by atoms with E-state index < -0.39 is 24.0 Å². The van der Waals surface area contributed by atoms with Gasteiger partial charge in [-0.25, -0.2) is 0 Å². The van der Waals surface area contributed by atoms with Gasteiger partial charge in [-0.15, -0.1) is 4.53 Å². The number of hydrogen-bond acceptors (Lipinski definition) is 2. The Balaban J connectivity index is 2.88. The minimum atomic E-state index is -4.43. The van der Waals surface area contributed by atoms with Crippen LogP contribution in [0.25, 0.3) is 0 Å². The fraction of sp³-hybridized carbons (Fsp3) is 0.462. The average molecular weight is 343 g/mol. The molecule has 0 aliphatic rings. The molecule has 21 heavy (non-hydrogen) atoms. The summed E-state index contributed by atoms with van der Waals surface area (Å²) in [6.45, 7) is 4.32. The molecule has 0 aromatic heterocycles. The summed E-state index contributed by atoms with van der Waals surface area (Å²) in [6.07, 6.45) is -5.64. The van der Waals surface area contributed by atoms with Gasteiger partial charge in [0, 0.05) is 29.1 Å². The molecule has 0 saturated carbocycles. The Bertz CT molecular complexity index is 503. The van der Waals surface area contributed by atoms with Crippen LogP contribution in [0.1, 0.15) is 36.2 Å². The zero-order valence-corrected chi connectivity index (χ0v) is 13.2. The molecule has 1 amide bonds. The molecule has 0 atom stereocenters. The monoisotopic (exact) mass is 342 g/mol. The van der Waals surface area contributed by atoms with E-state index >= 15 is 0 Å². The maximum Gasteiger partial charge on any atom is 0.390 e. The summed E-state index contributed by atoms with van der Waals surface area (Å²) in [5.74, 6) is -0.707. The van der Waals surface area contributed by atoms with Crippen LogP contribution in [-0.2, 0) is 0 Å². The predicted octanol–water partition coefficient (Wildman–Crippen LogP) is 4.69. The summed E-state index contributed by atoms with van der Waals surface area (Å²) in [6, 6.07) is 6.43. The number of aryl methyl sites for hydroxylation is 1. The van der Waals surface area contributed by atoms with E-state index in [1.54, 1.807) is 12.1 Å². The maximum absolute atomic E-state index is 12.5. The highest BCUT2D eigenvalue weighted by Crippen LogP contribution is 2.34. The van der Waals surface area contributed by atoms with Crippen molar-refractivity contribution < 1.29 is 18.0 Å². The summed E-state index contributed by atoms with van der Waals surface area (Å²) in [5.41, 5.74) is -0.418. The van der Waals surface area contributed by atoms with Crippen LogP contribution < -0.4 is 0 Å². The molecule has 0 heterocycles. The van der Waals surface area contributed by atoms with Crippen LogP contribution in [0.4, 0.5) is 13.2 Å². The molecule has 0 bridgehead atoms. The van der Waals surface area contributed by atoms with Gasteiger partial charge in [-0.05, 0) is 32.9 Å². The van der Waals surface area contributed by atoms with Crippen molar-refractivity contribution in [3.05, 3.63) is 35.4 Å². The molecular formula is C13H15Cl2F3N2O. The average Bonchev–Trinajstić information content (AvgIpc) is 2.34. The van der Waals surface area contributed by atoms with Crippen molar-refractivity contribution in [3.8, 4) is 0 Å². The third-order valence-corrected chi connectivity index (χ3v) is 3.74. The normalized spacial score (nSPS) is 12.6. The molecule has 0 aliphatic carbocycles. The second-order valence-corrected chi connectivity index (χ2v) is 5.94. The van der Waals surface area contributed by atoms with Crippen molar-refractivity contribution in [2.75, 3.05) is 0 Å². The van der Waals surface area contributed by atoms with Crippen LogP contribution in [0.15, 0.2) is 24.3 Å². The SMILES string of the molecule is Cc1ccc(C(=O)N(Cl)N(Cl)C(C)(C)CC(F)(F)F)cc1. The van der Waals surface area contributed by atoms with E-state index in [9.17, 15) is 18.0 Å². The number of carbonyl (C=O) groups is 1. The van der Waals surface area contributed by atoms with Gasteiger partial charge in [-0.2, -0.15) is 17.7 Å². The number of carbonyl (C=O) groups excluding carboxylic acids is 1. The van der Waals surface area contributed by atoms with Gasteiger partial charge in [0.15, 0.2) is 0 Å². The highest BCUT2D eigenvalue weighted by atomic mass is 35.5. The smallest absolute Gasteiger partial charge is 0.266 e. The van der Waals surface area contributed by atoms with Crippen LogP contribution in [0.3, 0.4) is 0 Å². The van der Waals surface area contributed by atoms with Crippen molar-refractivity contribution in [2.45, 2.75) is 38.9 Å². The highest BCUT2D eigenvalue weighted by molar-refractivity contribution is 6.27. The zero-order chi connectivity index (χ0) is 16.4. The molecule has 0 aliphatic heterocycles. The van der Waals surface area contributed by atoms with Gasteiger partial charge >= 0.3 is 6.18 Å². The van der Waals surface area contributed by atoms with E-state index in [0.717, 1.165) is 5.56 Å². The first kappa shape index (κ1) is 18.1. The van der Waals surface area contributed by atoms with E-state index in [1.165, 1.54) is 26.0 Å². The van der Waals surface area contributed by atoms with Gasteiger partial charge in [0.2, 0.25) is 0 Å². The van der Waals surface area contributed by atoms with Crippen LogP contribution in [0.5, 0.6) is 0 Å². The standard InChI is InChI=1S/C13H15Cl2F3N2O/c1-9-4-6-10(7-5-9)11(21)19(14)20(15)12(2,3)8-13(16,17)18/h4-7H,8H2,1-3H3. The lowest BCUT2D eigenvalue weighted by atomic mass is 10.0. The molecular weight excluding hydrogens is 328 g/mol. The topological polar surface area (TPSA) is 23.6 Å². The second-order valence-electron chi connectivity index (χ2n) is 5.30. The third-order valence-electron chi connectivity index (χ3n) is 2.75. The van der Waals surface area contributed by atoms with E-state index in [2.05, 4.69) is 0 Å². The first-order valence-corrected chi connectivity index (χ1v) is 6.71. The number of rotatable bonds is 4. The molecule has 118 valence electrons. The van der Waals surface area contributed by atoms with Crippen molar-refractivity contribution >= 4 is 29.5 Å². The van der Waals surface area contributed by atoms with Crippen LogP contribution >= 0.6 is 23.6 Å². The summed E-state index contributed by atoms with van der Waals surface area (Å²) in [7, 11) is 0. The van der Waals surface area contributed by atoms with Crippen LogP contribution in [0.2, 0.25) is 0 Å². The van der Waals surface area contributed by atoms with Crippen molar-refractivity contribution in [2.24, 2.45) is 0 Å². The first-order valence-electron chi connectivity index (χ1n) is 6.03. The van der Waals surface area contributed by atoms with Gasteiger partial charge in [0.25, 0.3) is 5.91 Å². The summed E-state index contributed by atoms with van der Waals surface area (Å²) < 4.78 is 38.6.